The summed E-state index contributed by atoms with van der Waals surface area (Å²) in [6.45, 7) is 4.21. The molecule has 3 aliphatic rings. The van der Waals surface area contributed by atoms with Crippen molar-refractivity contribution in [3.05, 3.63) is 29.8 Å². The maximum absolute atomic E-state index is 13.1. The molecule has 1 saturated heterocycles. The molecule has 1 fully saturated rings. The molecule has 0 aromatic heterocycles. The number of nitrogens with zero attached hydrogens (tertiary/aromatic N) is 5. The van der Waals surface area contributed by atoms with Gasteiger partial charge in [-0.15, -0.1) is 0 Å². The molecule has 0 bridgehead atoms. The van der Waals surface area contributed by atoms with Gasteiger partial charge in [-0.1, -0.05) is 30.5 Å². The number of methoxy groups -OCH3 is 1. The van der Waals surface area contributed by atoms with Crippen LogP contribution in [0.5, 0.6) is 0 Å². The Morgan fingerprint density at radius 1 is 1.24 bits per heavy atom. The van der Waals surface area contributed by atoms with Crippen LogP contribution in [0.3, 0.4) is 0 Å². The summed E-state index contributed by atoms with van der Waals surface area (Å²) >= 11 is 0. The summed E-state index contributed by atoms with van der Waals surface area (Å²) in [4.78, 5) is 35.3. The number of likely N-dealkylation sites (N-methyl/N-ethyl adjacent to an activating group) is 1. The van der Waals surface area contributed by atoms with Gasteiger partial charge in [0.15, 0.2) is 0 Å². The van der Waals surface area contributed by atoms with Crippen molar-refractivity contribution in [1.29, 1.82) is 0 Å². The number of anilines is 1. The number of benzene rings is 1. The molecule has 0 spiro atoms. The Morgan fingerprint density at radius 3 is 2.69 bits per heavy atom. The minimum absolute atomic E-state index is 0.226. The second-order valence-corrected chi connectivity index (χ2v) is 7.61. The van der Waals surface area contributed by atoms with Crippen LogP contribution in [0.4, 0.5) is 10.5 Å². The van der Waals surface area contributed by atoms with Crippen LogP contribution in [0.1, 0.15) is 25.3 Å². The normalized spacial score (nSPS) is 21.1. The van der Waals surface area contributed by atoms with E-state index in [2.05, 4.69) is 36.1 Å². The topological polar surface area (TPSA) is 68.5 Å². The lowest BCUT2D eigenvalue weighted by molar-refractivity contribution is -0.525. The second-order valence-electron chi connectivity index (χ2n) is 7.61. The largest absolute Gasteiger partial charge is 0.397 e. The fourth-order valence-electron chi connectivity index (χ4n) is 4.11. The molecular weight excluding hydrogens is 370 g/mol. The quantitative estimate of drug-likeness (QED) is 0.654. The lowest BCUT2D eigenvalue weighted by Gasteiger charge is -2.33. The Bertz CT molecular complexity index is 877. The molecule has 1 atom stereocenters. The predicted octanol–water partition coefficient (Wildman–Crippen LogP) is 1.54. The van der Waals surface area contributed by atoms with Crippen LogP contribution in [0.25, 0.3) is 0 Å². The van der Waals surface area contributed by atoms with Crippen molar-refractivity contribution >= 4 is 29.4 Å². The summed E-state index contributed by atoms with van der Waals surface area (Å²) in [6.07, 6.45) is 3.45. The minimum Gasteiger partial charge on any atom is -0.383 e. The molecule has 29 heavy (non-hydrogen) atoms. The van der Waals surface area contributed by atoms with E-state index in [4.69, 9.17) is 9.73 Å². The summed E-state index contributed by atoms with van der Waals surface area (Å²) in [6, 6.07) is 7.66. The van der Waals surface area contributed by atoms with Crippen molar-refractivity contribution in [2.75, 3.05) is 45.3 Å². The number of hydrogen-bond acceptors (Lipinski definition) is 5. The Balaban J connectivity index is 1.59. The van der Waals surface area contributed by atoms with E-state index in [1.165, 1.54) is 28.2 Å². The number of imide groups is 1. The Kier molecular flexibility index (Phi) is 5.36. The van der Waals surface area contributed by atoms with E-state index in [0.29, 0.717) is 19.0 Å². The maximum atomic E-state index is 13.1. The summed E-state index contributed by atoms with van der Waals surface area (Å²) in [7, 11) is 3.23. The van der Waals surface area contributed by atoms with E-state index in [9.17, 15) is 9.59 Å². The summed E-state index contributed by atoms with van der Waals surface area (Å²) < 4.78 is 7.07. The van der Waals surface area contributed by atoms with Crippen LogP contribution in [0.2, 0.25) is 0 Å². The molecule has 1 unspecified atom stereocenters. The number of carbonyl (C=O) groups excluding carboxylic acids is 2. The van der Waals surface area contributed by atoms with Crippen LogP contribution < -0.4 is 4.90 Å². The number of amides is 3. The Morgan fingerprint density at radius 2 is 2.00 bits per heavy atom. The van der Waals surface area contributed by atoms with Crippen molar-refractivity contribution < 1.29 is 18.9 Å². The Labute approximate surface area is 171 Å². The van der Waals surface area contributed by atoms with Crippen LogP contribution in [-0.2, 0) is 16.0 Å². The van der Waals surface area contributed by atoms with Gasteiger partial charge in [-0.3, -0.25) is 14.6 Å². The number of amidine groups is 1. The summed E-state index contributed by atoms with van der Waals surface area (Å²) in [5, 5.41) is 0. The third-order valence-electron chi connectivity index (χ3n) is 5.78. The van der Waals surface area contributed by atoms with Gasteiger partial charge in [0.25, 0.3) is 5.91 Å². The highest BCUT2D eigenvalue weighted by Gasteiger charge is 2.55. The highest BCUT2D eigenvalue weighted by molar-refractivity contribution is 6.24. The Hall–Kier alpha value is -2.74. The first-order valence-corrected chi connectivity index (χ1v) is 10.2. The van der Waals surface area contributed by atoms with E-state index in [0.717, 1.165) is 24.6 Å². The zero-order chi connectivity index (χ0) is 20.5. The number of fused-ring (bicyclic) bond motifs is 2. The van der Waals surface area contributed by atoms with Gasteiger partial charge in [-0.25, -0.2) is 14.3 Å². The average Bonchev–Trinajstić information content (AvgIpc) is 3.30. The molecule has 8 heteroatoms. The number of aryl methyl sites for hydroxylation is 1. The lowest BCUT2D eigenvalue weighted by Crippen LogP contribution is -2.63. The number of carbonyl (C=O) groups is 2. The number of rotatable bonds is 7. The molecule has 1 aromatic carbocycles. The van der Waals surface area contributed by atoms with Gasteiger partial charge < -0.3 is 4.74 Å². The van der Waals surface area contributed by atoms with Gasteiger partial charge >= 0.3 is 12.0 Å². The lowest BCUT2D eigenvalue weighted by atomic mass is 10.1. The molecule has 3 amide bonds. The van der Waals surface area contributed by atoms with E-state index in [1.54, 1.807) is 14.2 Å². The first-order chi connectivity index (χ1) is 14.1. The molecule has 4 rings (SSSR count). The van der Waals surface area contributed by atoms with E-state index in [-0.39, 0.29) is 18.5 Å². The van der Waals surface area contributed by atoms with E-state index >= 15 is 0 Å². The highest BCUT2D eigenvalue weighted by atomic mass is 16.5. The van der Waals surface area contributed by atoms with Gasteiger partial charge in [0.1, 0.15) is 12.2 Å². The second kappa shape index (κ2) is 7.94. The molecule has 154 valence electrons. The molecule has 0 N–H and O–H groups in total. The molecule has 0 aliphatic carbocycles. The third-order valence-corrected chi connectivity index (χ3v) is 5.78. The van der Waals surface area contributed by atoms with Gasteiger partial charge in [-0.05, 0) is 30.5 Å². The van der Waals surface area contributed by atoms with Gasteiger partial charge in [0, 0.05) is 14.2 Å². The monoisotopic (exact) mass is 398 g/mol. The molecule has 1 aromatic rings. The van der Waals surface area contributed by atoms with Gasteiger partial charge in [0.05, 0.1) is 19.7 Å². The number of unbranched alkanes of at least 4 members (excludes halogenated alkanes) is 1. The molecule has 0 saturated carbocycles. The van der Waals surface area contributed by atoms with Crippen molar-refractivity contribution in [3.8, 4) is 0 Å². The number of aliphatic imine (C=N–C) groups is 1. The summed E-state index contributed by atoms with van der Waals surface area (Å²) in [5.74, 6) is 1.02. The summed E-state index contributed by atoms with van der Waals surface area (Å²) in [5.41, 5.74) is 2.39. The fraction of sp³-hybridized carbons (Fsp3) is 0.524. The minimum atomic E-state index is -0.543. The number of hydrogen-bond donors (Lipinski definition) is 0. The molecule has 0 radical (unpaired) electrons. The van der Waals surface area contributed by atoms with Crippen molar-refractivity contribution in [3.63, 3.8) is 0 Å². The molecule has 3 aliphatic heterocycles. The number of ether oxygens (including phenoxy) is 1. The smallest absolute Gasteiger partial charge is 0.383 e. The van der Waals surface area contributed by atoms with Crippen LogP contribution in [-0.4, -0.2) is 84.5 Å². The zero-order valence-corrected chi connectivity index (χ0v) is 17.3. The predicted molar refractivity (Wildman–Crippen MR) is 111 cm³/mol. The SMILES string of the molecule is CCCCc1ccc(N2CC[N+]3=C2N=C2C3C(=O)N(CCOC)C(=O)N2C)cc1. The van der Waals surface area contributed by atoms with Gasteiger partial charge in [-0.2, -0.15) is 0 Å². The van der Waals surface area contributed by atoms with E-state index < -0.39 is 6.04 Å². The fourth-order valence-corrected chi connectivity index (χ4v) is 4.11. The van der Waals surface area contributed by atoms with Crippen LogP contribution in [0.15, 0.2) is 29.3 Å². The van der Waals surface area contributed by atoms with Crippen LogP contribution in [0, 0.1) is 0 Å². The standard InChI is InChI=1S/C21H28N5O3/c1-4-5-6-15-7-9-16(10-8-15)24-11-12-25-17-18(22-20(24)25)23(2)21(28)26(19(17)27)13-14-29-3/h7-10,17H,4-6,11-14H2,1-3H3/q+1. The van der Waals surface area contributed by atoms with Crippen molar-refractivity contribution in [1.82, 2.24) is 9.80 Å². The van der Waals surface area contributed by atoms with Gasteiger partial charge in [0.2, 0.25) is 11.9 Å². The first-order valence-electron chi connectivity index (χ1n) is 10.2. The number of guanidine groups is 1. The molecular formula is C21H28N5O3+. The number of urea groups is 1. The average molecular weight is 398 g/mol. The van der Waals surface area contributed by atoms with Crippen molar-refractivity contribution in [2.45, 2.75) is 32.2 Å². The molecule has 3 heterocycles. The highest BCUT2D eigenvalue weighted by Crippen LogP contribution is 2.27. The third kappa shape index (κ3) is 3.31. The van der Waals surface area contributed by atoms with Crippen LogP contribution >= 0.6 is 0 Å². The van der Waals surface area contributed by atoms with Crippen molar-refractivity contribution in [2.24, 2.45) is 4.99 Å². The van der Waals surface area contributed by atoms with E-state index in [1.807, 2.05) is 4.58 Å². The zero-order valence-electron chi connectivity index (χ0n) is 17.3. The molecule has 8 nitrogen and oxygen atoms in total. The first kappa shape index (κ1) is 19.6. The maximum Gasteiger partial charge on any atom is 0.397 e.